The van der Waals surface area contributed by atoms with Crippen LogP contribution in [0.2, 0.25) is 5.02 Å². The van der Waals surface area contributed by atoms with Crippen molar-refractivity contribution in [2.45, 2.75) is 17.7 Å². The largest absolute Gasteiger partial charge is 0.462 e. The zero-order valence-corrected chi connectivity index (χ0v) is 24.4. The number of carbonyl (C=O) groups is 1. The van der Waals surface area contributed by atoms with Gasteiger partial charge in [0.25, 0.3) is 10.0 Å². The van der Waals surface area contributed by atoms with Crippen LogP contribution in [-0.2, 0) is 24.8 Å². The Morgan fingerprint density at radius 2 is 1.71 bits per heavy atom. The zero-order chi connectivity index (χ0) is 29.6. The first-order valence-corrected chi connectivity index (χ1v) is 16.1. The van der Waals surface area contributed by atoms with E-state index in [1.165, 1.54) is 29.3 Å². The molecular formula is C27H28ClN5O6S2. The van der Waals surface area contributed by atoms with E-state index in [1.54, 1.807) is 19.1 Å². The summed E-state index contributed by atoms with van der Waals surface area (Å²) < 4.78 is 57.2. The van der Waals surface area contributed by atoms with E-state index in [4.69, 9.17) is 26.6 Å². The van der Waals surface area contributed by atoms with Gasteiger partial charge in [-0.1, -0.05) is 54.1 Å². The SMILES string of the molecule is CCOC(=O)c1ccc(S(=O)(=O)NC(=NCCS(N)(=O)=O)N2CC(c3ccccc3)C(c3ccc(Cl)cc3)=N2)cc1. The number of halogens is 1. The summed E-state index contributed by atoms with van der Waals surface area (Å²) in [5.74, 6) is -1.54. The van der Waals surface area contributed by atoms with Crippen molar-refractivity contribution in [3.63, 3.8) is 0 Å². The van der Waals surface area contributed by atoms with Gasteiger partial charge in [-0.3, -0.25) is 0 Å². The Morgan fingerprint density at radius 3 is 2.32 bits per heavy atom. The molecule has 1 aliphatic rings. The van der Waals surface area contributed by atoms with Gasteiger partial charge in [0, 0.05) is 10.9 Å². The molecule has 0 bridgehead atoms. The molecule has 1 atom stereocenters. The second-order valence-electron chi connectivity index (χ2n) is 8.96. The second kappa shape index (κ2) is 12.8. The van der Waals surface area contributed by atoms with Crippen LogP contribution in [0.15, 0.2) is 93.9 Å². The maximum Gasteiger partial charge on any atom is 0.338 e. The van der Waals surface area contributed by atoms with Crippen LogP contribution in [0.4, 0.5) is 0 Å². The smallest absolute Gasteiger partial charge is 0.338 e. The monoisotopic (exact) mass is 617 g/mol. The summed E-state index contributed by atoms with van der Waals surface area (Å²) in [5.41, 5.74) is 2.54. The molecule has 14 heteroatoms. The van der Waals surface area contributed by atoms with Crippen LogP contribution in [0.1, 0.15) is 34.3 Å². The number of nitrogens with zero attached hydrogens (tertiary/aromatic N) is 3. The normalized spacial score (nSPS) is 15.9. The van der Waals surface area contributed by atoms with E-state index in [2.05, 4.69) is 9.71 Å². The van der Waals surface area contributed by atoms with E-state index < -0.39 is 31.8 Å². The molecule has 41 heavy (non-hydrogen) atoms. The van der Waals surface area contributed by atoms with Crippen molar-refractivity contribution in [3.8, 4) is 0 Å². The highest BCUT2D eigenvalue weighted by Crippen LogP contribution is 2.29. The van der Waals surface area contributed by atoms with Crippen LogP contribution in [0, 0.1) is 0 Å². The Bertz CT molecular complexity index is 1660. The maximum atomic E-state index is 13.4. The van der Waals surface area contributed by atoms with Gasteiger partial charge in [0.1, 0.15) is 0 Å². The summed E-state index contributed by atoms with van der Waals surface area (Å²) in [4.78, 5) is 16.1. The molecule has 1 aliphatic heterocycles. The number of nitrogens with one attached hydrogen (secondary N) is 1. The molecule has 4 rings (SSSR count). The molecular weight excluding hydrogens is 590 g/mol. The Morgan fingerprint density at radius 1 is 1.05 bits per heavy atom. The number of hydrazone groups is 1. The summed E-state index contributed by atoms with van der Waals surface area (Å²) in [6, 6.07) is 21.8. The number of hydrogen-bond donors (Lipinski definition) is 2. The minimum atomic E-state index is -4.23. The van der Waals surface area contributed by atoms with Crippen molar-refractivity contribution in [1.29, 1.82) is 0 Å². The highest BCUT2D eigenvalue weighted by atomic mass is 35.5. The number of sulfonamides is 2. The molecule has 0 radical (unpaired) electrons. The maximum absolute atomic E-state index is 13.4. The van der Waals surface area contributed by atoms with E-state index in [9.17, 15) is 21.6 Å². The third kappa shape index (κ3) is 7.91. The highest BCUT2D eigenvalue weighted by molar-refractivity contribution is 7.90. The first-order chi connectivity index (χ1) is 19.5. The topological polar surface area (TPSA) is 161 Å². The molecule has 3 N–H and O–H groups in total. The van der Waals surface area contributed by atoms with Crippen molar-refractivity contribution in [1.82, 2.24) is 9.73 Å². The summed E-state index contributed by atoms with van der Waals surface area (Å²) in [6.07, 6.45) is 0. The fraction of sp³-hybridized carbons (Fsp3) is 0.222. The fourth-order valence-corrected chi connectivity index (χ4v) is 5.57. The van der Waals surface area contributed by atoms with E-state index >= 15 is 0 Å². The van der Waals surface area contributed by atoms with E-state index in [0.717, 1.165) is 11.1 Å². The lowest BCUT2D eigenvalue weighted by atomic mass is 9.91. The molecule has 1 unspecified atom stereocenters. The van der Waals surface area contributed by atoms with Crippen molar-refractivity contribution in [3.05, 3.63) is 101 Å². The third-order valence-corrected chi connectivity index (χ3v) is 8.39. The molecule has 0 aromatic heterocycles. The van der Waals surface area contributed by atoms with Crippen molar-refractivity contribution in [2.24, 2.45) is 15.2 Å². The van der Waals surface area contributed by atoms with Crippen molar-refractivity contribution in [2.75, 3.05) is 25.4 Å². The molecule has 3 aromatic carbocycles. The average molecular weight is 618 g/mol. The Hall–Kier alpha value is -3.78. The lowest BCUT2D eigenvalue weighted by Gasteiger charge is -2.20. The molecule has 0 fully saturated rings. The predicted octanol–water partition coefficient (Wildman–Crippen LogP) is 2.94. The molecule has 11 nitrogen and oxygen atoms in total. The second-order valence-corrected chi connectivity index (χ2v) is 12.8. The van der Waals surface area contributed by atoms with Crippen LogP contribution in [0.3, 0.4) is 0 Å². The van der Waals surface area contributed by atoms with E-state index in [1.807, 2.05) is 42.5 Å². The number of nitrogens with two attached hydrogens (primary N) is 1. The molecule has 3 aromatic rings. The van der Waals surface area contributed by atoms with Crippen LogP contribution in [-0.4, -0.2) is 64.9 Å². The molecule has 0 aliphatic carbocycles. The van der Waals surface area contributed by atoms with Gasteiger partial charge >= 0.3 is 5.97 Å². The lowest BCUT2D eigenvalue weighted by Crippen LogP contribution is -2.41. The first kappa shape index (κ1) is 30.2. The minimum absolute atomic E-state index is 0.148. The minimum Gasteiger partial charge on any atom is -0.462 e. The van der Waals surface area contributed by atoms with Gasteiger partial charge in [0.05, 0.1) is 41.6 Å². The van der Waals surface area contributed by atoms with Gasteiger partial charge in [-0.05, 0) is 54.4 Å². The number of primary sulfonamides is 1. The number of benzene rings is 3. The van der Waals surface area contributed by atoms with Crippen LogP contribution >= 0.6 is 11.6 Å². The van der Waals surface area contributed by atoms with Crippen LogP contribution < -0.4 is 9.86 Å². The van der Waals surface area contributed by atoms with Gasteiger partial charge in [-0.25, -0.2) is 41.5 Å². The third-order valence-electron chi connectivity index (χ3n) is 6.04. The number of carbonyl (C=O) groups excluding carboxylic acids is 1. The molecule has 0 saturated heterocycles. The summed E-state index contributed by atoms with van der Waals surface area (Å²) in [5, 5.41) is 11.8. The summed E-state index contributed by atoms with van der Waals surface area (Å²) in [6.45, 7) is 1.74. The summed E-state index contributed by atoms with van der Waals surface area (Å²) in [7, 11) is -8.09. The van der Waals surface area contributed by atoms with Crippen LogP contribution in [0.5, 0.6) is 0 Å². The predicted molar refractivity (Wildman–Crippen MR) is 157 cm³/mol. The number of esters is 1. The quantitative estimate of drug-likeness (QED) is 0.212. The Labute approximate surface area is 243 Å². The summed E-state index contributed by atoms with van der Waals surface area (Å²) >= 11 is 6.09. The Kier molecular flexibility index (Phi) is 9.43. The molecule has 1 heterocycles. The number of guanidine groups is 1. The van der Waals surface area contributed by atoms with Gasteiger partial charge in [0.15, 0.2) is 0 Å². The highest BCUT2D eigenvalue weighted by Gasteiger charge is 2.33. The number of rotatable bonds is 9. The van der Waals surface area contributed by atoms with Gasteiger partial charge < -0.3 is 4.74 Å². The average Bonchev–Trinajstić information content (AvgIpc) is 3.38. The number of aliphatic imine (C=N–C) groups is 1. The van der Waals surface area contributed by atoms with Crippen LogP contribution in [0.25, 0.3) is 0 Å². The molecule has 0 spiro atoms. The lowest BCUT2D eigenvalue weighted by molar-refractivity contribution is 0.0526. The van der Waals surface area contributed by atoms with Gasteiger partial charge in [-0.15, -0.1) is 0 Å². The van der Waals surface area contributed by atoms with Crippen molar-refractivity contribution >= 4 is 49.3 Å². The number of ether oxygens (including phenoxy) is 1. The molecule has 0 amide bonds. The molecule has 0 saturated carbocycles. The first-order valence-electron chi connectivity index (χ1n) is 12.5. The molecule has 216 valence electrons. The van der Waals surface area contributed by atoms with Crippen molar-refractivity contribution < 1.29 is 26.4 Å². The van der Waals surface area contributed by atoms with E-state index in [0.29, 0.717) is 10.7 Å². The van der Waals surface area contributed by atoms with E-state index in [-0.39, 0.29) is 42.0 Å². The zero-order valence-electron chi connectivity index (χ0n) is 22.0. The fourth-order valence-electron chi connectivity index (χ4n) is 4.07. The number of hydrogen-bond acceptors (Lipinski definition) is 8. The van der Waals surface area contributed by atoms with Gasteiger partial charge in [0.2, 0.25) is 16.0 Å². The Balaban J connectivity index is 1.70. The van der Waals surface area contributed by atoms with Gasteiger partial charge in [-0.2, -0.15) is 5.10 Å². The standard InChI is InChI=1S/C27H28ClN5O6S2/c1-2-39-26(34)21-10-14-23(15-11-21)41(37,38)32-27(30-16-17-40(29,35)36)33-18-24(19-6-4-3-5-7-19)25(31-33)20-8-12-22(28)13-9-20/h3-15,24H,2,16-18H2,1H3,(H,30,32)(H2,29,35,36).